The number of nitrogens with two attached hydrogens (primary N) is 1. The van der Waals surface area contributed by atoms with Crippen LogP contribution in [0.25, 0.3) is 0 Å². The molecule has 0 bridgehead atoms. The fourth-order valence-corrected chi connectivity index (χ4v) is 1.72. The van der Waals surface area contributed by atoms with Crippen LogP contribution in [0.2, 0.25) is 0 Å². The molecule has 2 aromatic rings. The van der Waals surface area contributed by atoms with Crippen LogP contribution in [-0.2, 0) is 6.61 Å². The van der Waals surface area contributed by atoms with E-state index in [1.54, 1.807) is 31.2 Å². The molecule has 0 aliphatic carbocycles. The van der Waals surface area contributed by atoms with Gasteiger partial charge < -0.3 is 20.0 Å². The van der Waals surface area contributed by atoms with E-state index in [2.05, 4.69) is 0 Å². The van der Waals surface area contributed by atoms with Crippen LogP contribution >= 0.6 is 0 Å². The topological polar surface area (TPSA) is 103 Å². The average molecular weight is 275 g/mol. The molecule has 104 valence electrons. The molecule has 0 spiro atoms. The highest BCUT2D eigenvalue weighted by Crippen LogP contribution is 2.21. The summed E-state index contributed by atoms with van der Waals surface area (Å²) >= 11 is 0. The number of amides is 1. The van der Waals surface area contributed by atoms with Crippen molar-refractivity contribution >= 4 is 11.9 Å². The van der Waals surface area contributed by atoms with Gasteiger partial charge in [0.25, 0.3) is 5.91 Å². The Hall–Kier alpha value is -2.76. The van der Waals surface area contributed by atoms with Crippen molar-refractivity contribution in [2.75, 3.05) is 0 Å². The minimum Gasteiger partial charge on any atom is -0.488 e. The molecule has 0 aliphatic rings. The highest BCUT2D eigenvalue weighted by molar-refractivity contribution is 5.95. The Labute approximate surface area is 114 Å². The van der Waals surface area contributed by atoms with E-state index < -0.39 is 11.9 Å². The van der Waals surface area contributed by atoms with E-state index in [0.29, 0.717) is 17.1 Å². The summed E-state index contributed by atoms with van der Waals surface area (Å²) < 4.78 is 10.6. The van der Waals surface area contributed by atoms with Gasteiger partial charge in [-0.25, -0.2) is 4.79 Å². The fraction of sp³-hybridized carbons (Fsp3) is 0.143. The molecule has 3 N–H and O–H groups in total. The number of aromatic carboxylic acids is 1. The molecular formula is C14H13NO5. The zero-order valence-electron chi connectivity index (χ0n) is 10.8. The summed E-state index contributed by atoms with van der Waals surface area (Å²) in [5.41, 5.74) is 6.11. The lowest BCUT2D eigenvalue weighted by atomic mass is 10.2. The largest absolute Gasteiger partial charge is 0.488 e. The Morgan fingerprint density at radius 2 is 2.05 bits per heavy atom. The van der Waals surface area contributed by atoms with E-state index in [1.165, 1.54) is 6.07 Å². The van der Waals surface area contributed by atoms with Crippen molar-refractivity contribution in [1.82, 2.24) is 0 Å². The Kier molecular flexibility index (Phi) is 3.74. The van der Waals surface area contributed by atoms with Gasteiger partial charge in [-0.2, -0.15) is 0 Å². The van der Waals surface area contributed by atoms with Crippen LogP contribution in [-0.4, -0.2) is 17.0 Å². The monoisotopic (exact) mass is 275 g/mol. The number of carboxylic acid groups (broad SMARTS) is 1. The van der Waals surface area contributed by atoms with E-state index in [4.69, 9.17) is 20.0 Å². The zero-order valence-corrected chi connectivity index (χ0v) is 10.8. The van der Waals surface area contributed by atoms with Crippen molar-refractivity contribution in [3.63, 3.8) is 0 Å². The van der Waals surface area contributed by atoms with Crippen molar-refractivity contribution < 1.29 is 23.8 Å². The van der Waals surface area contributed by atoms with Crippen LogP contribution in [0.1, 0.15) is 32.2 Å². The lowest BCUT2D eigenvalue weighted by molar-refractivity contribution is 0.0660. The predicted molar refractivity (Wildman–Crippen MR) is 69.7 cm³/mol. The van der Waals surface area contributed by atoms with E-state index in [-0.39, 0.29) is 17.9 Å². The third-order valence-electron chi connectivity index (χ3n) is 2.77. The van der Waals surface area contributed by atoms with Crippen molar-refractivity contribution in [2.24, 2.45) is 5.73 Å². The standard InChI is InChI=1S/C14H13NO5/c1-8-9(6-12(20-8)14(17)18)7-19-11-5-3-2-4-10(11)13(15)16/h2-6H,7H2,1H3,(H2,15,16)(H,17,18). The third-order valence-corrected chi connectivity index (χ3v) is 2.77. The van der Waals surface area contributed by atoms with Gasteiger partial charge in [0.15, 0.2) is 0 Å². The van der Waals surface area contributed by atoms with E-state index in [9.17, 15) is 9.59 Å². The maximum atomic E-state index is 11.2. The molecule has 1 aromatic carbocycles. The van der Waals surface area contributed by atoms with Crippen LogP contribution in [0.15, 0.2) is 34.7 Å². The van der Waals surface area contributed by atoms with Gasteiger partial charge in [0.05, 0.1) is 5.56 Å². The number of furan rings is 1. The molecule has 6 heteroatoms. The van der Waals surface area contributed by atoms with Gasteiger partial charge in [-0.05, 0) is 25.1 Å². The molecule has 0 fully saturated rings. The molecule has 6 nitrogen and oxygen atoms in total. The molecular weight excluding hydrogens is 262 g/mol. The molecule has 2 rings (SSSR count). The number of aryl methyl sites for hydroxylation is 1. The van der Waals surface area contributed by atoms with Gasteiger partial charge in [0.1, 0.15) is 18.1 Å². The first-order valence-corrected chi connectivity index (χ1v) is 5.83. The number of carbonyl (C=O) groups excluding carboxylic acids is 1. The first kappa shape index (κ1) is 13.7. The summed E-state index contributed by atoms with van der Waals surface area (Å²) in [4.78, 5) is 22.0. The molecule has 0 radical (unpaired) electrons. The number of primary amides is 1. The number of ether oxygens (including phenoxy) is 1. The van der Waals surface area contributed by atoms with Crippen LogP contribution in [0, 0.1) is 6.92 Å². The Morgan fingerprint density at radius 1 is 1.35 bits per heavy atom. The number of carbonyl (C=O) groups is 2. The molecule has 1 amide bonds. The summed E-state index contributed by atoms with van der Waals surface area (Å²) in [6, 6.07) is 7.96. The number of hydrogen-bond acceptors (Lipinski definition) is 4. The van der Waals surface area contributed by atoms with E-state index in [1.807, 2.05) is 0 Å². The van der Waals surface area contributed by atoms with Crippen molar-refractivity contribution in [3.05, 3.63) is 53.0 Å². The second kappa shape index (κ2) is 5.48. The number of hydrogen-bond donors (Lipinski definition) is 2. The molecule has 0 unspecified atom stereocenters. The Morgan fingerprint density at radius 3 is 2.65 bits per heavy atom. The predicted octanol–water partition coefficient (Wildman–Crippen LogP) is 1.96. The molecule has 1 aromatic heterocycles. The maximum Gasteiger partial charge on any atom is 0.371 e. The Balaban J connectivity index is 2.17. The number of benzene rings is 1. The first-order chi connectivity index (χ1) is 9.49. The fourth-order valence-electron chi connectivity index (χ4n) is 1.72. The quantitative estimate of drug-likeness (QED) is 0.868. The van der Waals surface area contributed by atoms with Crippen LogP contribution in [0.4, 0.5) is 0 Å². The maximum absolute atomic E-state index is 11.2. The van der Waals surface area contributed by atoms with Crippen molar-refractivity contribution in [1.29, 1.82) is 0 Å². The van der Waals surface area contributed by atoms with Gasteiger partial charge in [0, 0.05) is 5.56 Å². The summed E-state index contributed by atoms with van der Waals surface area (Å²) in [6.07, 6.45) is 0. The van der Waals surface area contributed by atoms with Gasteiger partial charge in [-0.3, -0.25) is 4.79 Å². The lowest BCUT2D eigenvalue weighted by Crippen LogP contribution is -2.12. The molecule has 0 aliphatic heterocycles. The summed E-state index contributed by atoms with van der Waals surface area (Å²) in [6.45, 7) is 1.73. The van der Waals surface area contributed by atoms with Gasteiger partial charge >= 0.3 is 5.97 Å². The van der Waals surface area contributed by atoms with E-state index in [0.717, 1.165) is 0 Å². The second-order valence-corrected chi connectivity index (χ2v) is 4.15. The zero-order chi connectivity index (χ0) is 14.7. The lowest BCUT2D eigenvalue weighted by Gasteiger charge is -2.08. The molecule has 20 heavy (non-hydrogen) atoms. The highest BCUT2D eigenvalue weighted by Gasteiger charge is 2.14. The smallest absolute Gasteiger partial charge is 0.371 e. The average Bonchev–Trinajstić information content (AvgIpc) is 2.78. The summed E-state index contributed by atoms with van der Waals surface area (Å²) in [7, 11) is 0. The normalized spacial score (nSPS) is 10.2. The SMILES string of the molecule is Cc1oc(C(=O)O)cc1COc1ccccc1C(N)=O. The summed E-state index contributed by atoms with van der Waals surface area (Å²) in [5, 5.41) is 8.83. The molecule has 0 saturated heterocycles. The van der Waals surface area contributed by atoms with Crippen molar-refractivity contribution in [3.8, 4) is 5.75 Å². The minimum absolute atomic E-state index is 0.0902. The Bertz CT molecular complexity index is 659. The summed E-state index contributed by atoms with van der Waals surface area (Å²) in [5.74, 6) is -1.08. The third kappa shape index (κ3) is 2.80. The molecule has 0 saturated carbocycles. The second-order valence-electron chi connectivity index (χ2n) is 4.15. The van der Waals surface area contributed by atoms with Crippen LogP contribution in [0.5, 0.6) is 5.75 Å². The van der Waals surface area contributed by atoms with Crippen LogP contribution < -0.4 is 10.5 Å². The van der Waals surface area contributed by atoms with Crippen molar-refractivity contribution in [2.45, 2.75) is 13.5 Å². The minimum atomic E-state index is -1.14. The van der Waals surface area contributed by atoms with E-state index >= 15 is 0 Å². The van der Waals surface area contributed by atoms with Gasteiger partial charge in [0.2, 0.25) is 5.76 Å². The molecule has 1 heterocycles. The van der Waals surface area contributed by atoms with Crippen LogP contribution in [0.3, 0.4) is 0 Å². The molecule has 0 atom stereocenters. The van der Waals surface area contributed by atoms with Gasteiger partial charge in [-0.1, -0.05) is 12.1 Å². The first-order valence-electron chi connectivity index (χ1n) is 5.83. The highest BCUT2D eigenvalue weighted by atomic mass is 16.5. The number of rotatable bonds is 5. The van der Waals surface area contributed by atoms with Gasteiger partial charge in [-0.15, -0.1) is 0 Å². The number of para-hydroxylation sites is 1. The number of carboxylic acids is 1.